The molecule has 0 aliphatic rings. The molecule has 6 heteroatoms. The van der Waals surface area contributed by atoms with Gasteiger partial charge in [-0.1, -0.05) is 78.9 Å². The van der Waals surface area contributed by atoms with Crippen molar-refractivity contribution < 1.29 is 8.83 Å². The Bertz CT molecular complexity index is 2980. The molecule has 0 bridgehead atoms. The van der Waals surface area contributed by atoms with Crippen LogP contribution in [0.15, 0.2) is 173 Å². The Kier molecular flexibility index (Phi) is 6.35. The van der Waals surface area contributed by atoms with Crippen LogP contribution in [0, 0.1) is 0 Å². The van der Waals surface area contributed by atoms with Crippen molar-refractivity contribution in [3.05, 3.63) is 164 Å². The first kappa shape index (κ1) is 29.0. The number of anilines is 3. The maximum absolute atomic E-state index is 6.37. The van der Waals surface area contributed by atoms with Crippen LogP contribution >= 0.6 is 11.3 Å². The lowest BCUT2D eigenvalue weighted by Crippen LogP contribution is -2.10. The Labute approximate surface area is 301 Å². The topological polar surface area (TPSA) is 55.3 Å². The molecule has 11 aromatic rings. The second-order valence-corrected chi connectivity index (χ2v) is 14.1. The summed E-state index contributed by atoms with van der Waals surface area (Å²) >= 11 is 1.83. The number of hydrogen-bond donors (Lipinski definition) is 0. The molecule has 0 saturated carbocycles. The van der Waals surface area contributed by atoms with Gasteiger partial charge >= 0.3 is 0 Å². The first-order chi connectivity index (χ1) is 25.8. The van der Waals surface area contributed by atoms with Gasteiger partial charge in [-0.3, -0.25) is 9.97 Å². The van der Waals surface area contributed by atoms with Crippen LogP contribution in [0.1, 0.15) is 0 Å². The zero-order valence-electron chi connectivity index (χ0n) is 27.7. The van der Waals surface area contributed by atoms with Gasteiger partial charge in [-0.05, 0) is 77.9 Å². The highest BCUT2D eigenvalue weighted by atomic mass is 32.1. The molecule has 6 aromatic carbocycles. The molecule has 0 spiro atoms. The number of fused-ring (bicyclic) bond motifs is 9. The maximum atomic E-state index is 6.37. The highest BCUT2D eigenvalue weighted by Crippen LogP contribution is 2.46. The number of nitrogens with zero attached hydrogens (tertiary/aromatic N) is 3. The summed E-state index contributed by atoms with van der Waals surface area (Å²) < 4.78 is 15.2. The molecule has 0 aliphatic carbocycles. The molecule has 0 unspecified atom stereocenters. The van der Waals surface area contributed by atoms with Crippen molar-refractivity contribution in [1.29, 1.82) is 0 Å². The van der Waals surface area contributed by atoms with E-state index in [1.807, 2.05) is 72.4 Å². The van der Waals surface area contributed by atoms with E-state index in [4.69, 9.17) is 8.83 Å². The smallest absolute Gasteiger partial charge is 0.161 e. The normalized spacial score (nSPS) is 11.8. The van der Waals surface area contributed by atoms with Gasteiger partial charge in [0.1, 0.15) is 22.3 Å². The zero-order valence-corrected chi connectivity index (χ0v) is 28.5. The molecule has 0 aliphatic heterocycles. The molecule has 244 valence electrons. The summed E-state index contributed by atoms with van der Waals surface area (Å²) in [7, 11) is 0. The molecule has 5 heterocycles. The minimum Gasteiger partial charge on any atom is -0.455 e. The summed E-state index contributed by atoms with van der Waals surface area (Å²) in [6.45, 7) is 0. The van der Waals surface area contributed by atoms with Crippen molar-refractivity contribution in [3.63, 3.8) is 0 Å². The van der Waals surface area contributed by atoms with E-state index in [-0.39, 0.29) is 0 Å². The first-order valence-electron chi connectivity index (χ1n) is 17.2. The molecular weight excluding hydrogens is 659 g/mol. The molecule has 0 saturated heterocycles. The fourth-order valence-corrected chi connectivity index (χ4v) is 8.75. The Hall–Kier alpha value is -6.76. The Balaban J connectivity index is 1.06. The summed E-state index contributed by atoms with van der Waals surface area (Å²) in [6.07, 6.45) is 5.65. The molecule has 0 fully saturated rings. The standard InChI is InChI=1S/C46H27N3O2S/c1-4-12-39-33(8-1)37-27-47-26-36(45(37)50-39)29-18-22-31(23-19-29)49(38-11-7-15-42-43(38)35-10-3-6-14-41(35)52-42)30-20-16-28(17-21-30)32-24-25-48-44-34-9-2-5-13-40(34)51-46(32)44/h1-27H. The molecule has 0 amide bonds. The summed E-state index contributed by atoms with van der Waals surface area (Å²) in [6, 6.07) is 51.0. The van der Waals surface area contributed by atoms with Crippen LogP contribution in [0.2, 0.25) is 0 Å². The van der Waals surface area contributed by atoms with Crippen LogP contribution in [0.4, 0.5) is 17.1 Å². The van der Waals surface area contributed by atoms with Crippen LogP contribution in [0.25, 0.3) is 86.4 Å². The number of aromatic nitrogens is 2. The average molecular weight is 686 g/mol. The number of furan rings is 2. The van der Waals surface area contributed by atoms with E-state index in [0.717, 1.165) is 83.3 Å². The maximum Gasteiger partial charge on any atom is 0.161 e. The second-order valence-electron chi connectivity index (χ2n) is 13.0. The van der Waals surface area contributed by atoms with Gasteiger partial charge in [-0.15, -0.1) is 11.3 Å². The van der Waals surface area contributed by atoms with Gasteiger partial charge in [-0.25, -0.2) is 0 Å². The van der Waals surface area contributed by atoms with Gasteiger partial charge in [0.2, 0.25) is 0 Å². The predicted molar refractivity (Wildman–Crippen MR) is 215 cm³/mol. The van der Waals surface area contributed by atoms with E-state index in [1.165, 1.54) is 20.2 Å². The lowest BCUT2D eigenvalue weighted by Gasteiger charge is -2.27. The lowest BCUT2D eigenvalue weighted by molar-refractivity contribution is 0.669. The molecule has 0 N–H and O–H groups in total. The van der Waals surface area contributed by atoms with Crippen molar-refractivity contribution in [1.82, 2.24) is 9.97 Å². The van der Waals surface area contributed by atoms with Gasteiger partial charge in [-0.2, -0.15) is 0 Å². The third kappa shape index (κ3) is 4.41. The Morgan fingerprint density at radius 1 is 0.481 bits per heavy atom. The van der Waals surface area contributed by atoms with E-state index in [2.05, 4.69) is 118 Å². The predicted octanol–water partition coefficient (Wildman–Crippen LogP) is 13.4. The molecule has 5 nitrogen and oxygen atoms in total. The molecule has 0 atom stereocenters. The van der Waals surface area contributed by atoms with Gasteiger partial charge in [0.15, 0.2) is 5.58 Å². The minimum absolute atomic E-state index is 0.798. The summed E-state index contributed by atoms with van der Waals surface area (Å²) in [5.74, 6) is 0. The average Bonchev–Trinajstić information content (AvgIpc) is 3.90. The highest BCUT2D eigenvalue weighted by Gasteiger charge is 2.20. The van der Waals surface area contributed by atoms with Crippen LogP contribution in [-0.2, 0) is 0 Å². The van der Waals surface area contributed by atoms with Crippen LogP contribution in [0.3, 0.4) is 0 Å². The second kappa shape index (κ2) is 11.4. The Morgan fingerprint density at radius 3 is 1.90 bits per heavy atom. The number of pyridine rings is 2. The zero-order chi connectivity index (χ0) is 34.2. The van der Waals surface area contributed by atoms with Crippen LogP contribution < -0.4 is 4.90 Å². The van der Waals surface area contributed by atoms with Gasteiger partial charge in [0.25, 0.3) is 0 Å². The van der Waals surface area contributed by atoms with Crippen molar-refractivity contribution in [2.75, 3.05) is 4.90 Å². The monoisotopic (exact) mass is 685 g/mol. The number of thiophene rings is 1. The van der Waals surface area contributed by atoms with E-state index in [0.29, 0.717) is 0 Å². The van der Waals surface area contributed by atoms with Crippen LogP contribution in [0.5, 0.6) is 0 Å². The van der Waals surface area contributed by atoms with Crippen molar-refractivity contribution >= 4 is 92.6 Å². The molecule has 11 rings (SSSR count). The molecule has 52 heavy (non-hydrogen) atoms. The quantitative estimate of drug-likeness (QED) is 0.180. The number of benzene rings is 6. The summed E-state index contributed by atoms with van der Waals surface area (Å²) in [5, 5.41) is 5.61. The van der Waals surface area contributed by atoms with Gasteiger partial charge in [0, 0.05) is 77.4 Å². The van der Waals surface area contributed by atoms with Crippen molar-refractivity contribution in [2.45, 2.75) is 0 Å². The highest BCUT2D eigenvalue weighted by molar-refractivity contribution is 7.26. The first-order valence-corrected chi connectivity index (χ1v) is 18.0. The lowest BCUT2D eigenvalue weighted by atomic mass is 10.0. The largest absolute Gasteiger partial charge is 0.455 e. The van der Waals surface area contributed by atoms with Crippen LogP contribution in [-0.4, -0.2) is 9.97 Å². The third-order valence-electron chi connectivity index (χ3n) is 10.0. The number of para-hydroxylation sites is 2. The van der Waals surface area contributed by atoms with Gasteiger partial charge in [0.05, 0.1) is 5.69 Å². The molecular formula is C46H27N3O2S. The summed E-state index contributed by atoms with van der Waals surface area (Å²) in [5.41, 5.74) is 11.5. The summed E-state index contributed by atoms with van der Waals surface area (Å²) in [4.78, 5) is 11.6. The SMILES string of the molecule is c1ccc2c(c1)oc1c(-c3ccc(N(c4ccc(-c5ccnc6c5oc5ccccc56)cc4)c4cccc5sc6ccccc6c45)cc3)cncc12. The fourth-order valence-electron chi connectivity index (χ4n) is 7.63. The fraction of sp³-hybridized carbons (Fsp3) is 0. The number of hydrogen-bond acceptors (Lipinski definition) is 6. The van der Waals surface area contributed by atoms with Gasteiger partial charge < -0.3 is 13.7 Å². The minimum atomic E-state index is 0.798. The van der Waals surface area contributed by atoms with E-state index >= 15 is 0 Å². The van der Waals surface area contributed by atoms with Crippen molar-refractivity contribution in [2.24, 2.45) is 0 Å². The Morgan fingerprint density at radius 2 is 1.12 bits per heavy atom. The molecule has 5 aromatic heterocycles. The van der Waals surface area contributed by atoms with E-state index in [9.17, 15) is 0 Å². The van der Waals surface area contributed by atoms with E-state index in [1.54, 1.807) is 0 Å². The number of rotatable bonds is 5. The van der Waals surface area contributed by atoms with Crippen molar-refractivity contribution in [3.8, 4) is 22.3 Å². The third-order valence-corrected chi connectivity index (χ3v) is 11.2. The van der Waals surface area contributed by atoms with E-state index < -0.39 is 0 Å². The molecule has 0 radical (unpaired) electrons.